The molecule has 0 saturated carbocycles. The van der Waals surface area contributed by atoms with Gasteiger partial charge in [0.05, 0.1) is 6.42 Å². The van der Waals surface area contributed by atoms with Crippen LogP contribution in [0.5, 0.6) is 0 Å². The first-order valence-corrected chi connectivity index (χ1v) is 10.4. The molecular weight excluding hydrogens is 418 g/mol. The van der Waals surface area contributed by atoms with E-state index in [1.807, 2.05) is 24.3 Å². The van der Waals surface area contributed by atoms with E-state index in [-0.39, 0.29) is 37.7 Å². The van der Waals surface area contributed by atoms with E-state index in [0.717, 1.165) is 11.1 Å². The molecule has 7 nitrogen and oxygen atoms in total. The molecule has 0 aliphatic heterocycles. The van der Waals surface area contributed by atoms with Gasteiger partial charge in [-0.25, -0.2) is 4.79 Å². The molecule has 0 bridgehead atoms. The molecule has 166 valence electrons. The minimum absolute atomic E-state index is 0.111. The lowest BCUT2D eigenvalue weighted by Gasteiger charge is -2.19. The average molecular weight is 446 g/mol. The van der Waals surface area contributed by atoms with Crippen LogP contribution in [0.25, 0.3) is 0 Å². The number of amides is 3. The van der Waals surface area contributed by atoms with Gasteiger partial charge in [-0.05, 0) is 44.0 Å². The third-order valence-electron chi connectivity index (χ3n) is 4.10. The predicted octanol–water partition coefficient (Wildman–Crippen LogP) is 4.05. The van der Waals surface area contributed by atoms with Crippen molar-refractivity contribution in [2.75, 3.05) is 11.9 Å². The standard InChI is InChI=1S/C23H28ClN3O4/c1-23(2,3)31-22(30)25-13-12-20(28)26-15-17-9-5-7-11-19(17)27-21(29)14-16-8-4-6-10-18(16)24/h4-11H,12-15H2,1-3H3,(H,25,30)(H,26,28)(H,27,29). The fourth-order valence-electron chi connectivity index (χ4n) is 2.68. The monoisotopic (exact) mass is 445 g/mol. The molecule has 2 aromatic rings. The molecule has 3 N–H and O–H groups in total. The summed E-state index contributed by atoms with van der Waals surface area (Å²) < 4.78 is 5.12. The summed E-state index contributed by atoms with van der Waals surface area (Å²) in [5, 5.41) is 8.74. The van der Waals surface area contributed by atoms with Crippen molar-refractivity contribution in [1.29, 1.82) is 0 Å². The van der Waals surface area contributed by atoms with Crippen LogP contribution in [-0.4, -0.2) is 30.1 Å². The van der Waals surface area contributed by atoms with Gasteiger partial charge in [-0.2, -0.15) is 0 Å². The zero-order chi connectivity index (χ0) is 22.9. The maximum atomic E-state index is 12.4. The number of anilines is 1. The molecule has 31 heavy (non-hydrogen) atoms. The molecule has 0 spiro atoms. The lowest BCUT2D eigenvalue weighted by Crippen LogP contribution is -2.35. The van der Waals surface area contributed by atoms with Gasteiger partial charge in [-0.15, -0.1) is 0 Å². The smallest absolute Gasteiger partial charge is 0.407 e. The van der Waals surface area contributed by atoms with Crippen LogP contribution in [0.2, 0.25) is 5.02 Å². The summed E-state index contributed by atoms with van der Waals surface area (Å²) in [4.78, 5) is 36.1. The van der Waals surface area contributed by atoms with Gasteiger partial charge in [0.15, 0.2) is 0 Å². The number of hydrogen-bond donors (Lipinski definition) is 3. The highest BCUT2D eigenvalue weighted by Crippen LogP contribution is 2.18. The molecule has 0 aliphatic carbocycles. The predicted molar refractivity (Wildman–Crippen MR) is 121 cm³/mol. The summed E-state index contributed by atoms with van der Waals surface area (Å²) in [6, 6.07) is 14.4. The topological polar surface area (TPSA) is 96.5 Å². The van der Waals surface area contributed by atoms with Crippen LogP contribution < -0.4 is 16.0 Å². The van der Waals surface area contributed by atoms with Crippen LogP contribution >= 0.6 is 11.6 Å². The minimum Gasteiger partial charge on any atom is -0.444 e. The summed E-state index contributed by atoms with van der Waals surface area (Å²) in [5.74, 6) is -0.429. The highest BCUT2D eigenvalue weighted by atomic mass is 35.5. The van der Waals surface area contributed by atoms with Crippen molar-refractivity contribution in [3.8, 4) is 0 Å². The fourth-order valence-corrected chi connectivity index (χ4v) is 2.88. The van der Waals surface area contributed by atoms with Gasteiger partial charge in [0.25, 0.3) is 0 Å². The maximum absolute atomic E-state index is 12.4. The Morgan fingerprint density at radius 1 is 0.903 bits per heavy atom. The molecule has 0 saturated heterocycles. The summed E-state index contributed by atoms with van der Waals surface area (Å²) >= 11 is 6.12. The van der Waals surface area contributed by atoms with Crippen molar-refractivity contribution in [3.63, 3.8) is 0 Å². The van der Waals surface area contributed by atoms with E-state index < -0.39 is 11.7 Å². The number of rotatable bonds is 8. The van der Waals surface area contributed by atoms with Crippen molar-refractivity contribution < 1.29 is 19.1 Å². The van der Waals surface area contributed by atoms with Crippen molar-refractivity contribution in [1.82, 2.24) is 10.6 Å². The van der Waals surface area contributed by atoms with E-state index in [1.165, 1.54) is 0 Å². The number of alkyl carbamates (subject to hydrolysis) is 1. The van der Waals surface area contributed by atoms with Gasteiger partial charge in [-0.3, -0.25) is 9.59 Å². The Labute approximate surface area is 187 Å². The number of ether oxygens (including phenoxy) is 1. The van der Waals surface area contributed by atoms with Crippen LogP contribution in [0.3, 0.4) is 0 Å². The van der Waals surface area contributed by atoms with Gasteiger partial charge in [-0.1, -0.05) is 48.0 Å². The second kappa shape index (κ2) is 11.4. The van der Waals surface area contributed by atoms with Gasteiger partial charge in [0, 0.05) is 30.2 Å². The summed E-state index contributed by atoms with van der Waals surface area (Å²) in [7, 11) is 0. The summed E-state index contributed by atoms with van der Waals surface area (Å²) in [5.41, 5.74) is 1.53. The van der Waals surface area contributed by atoms with E-state index >= 15 is 0 Å². The lowest BCUT2D eigenvalue weighted by atomic mass is 10.1. The van der Waals surface area contributed by atoms with E-state index in [2.05, 4.69) is 16.0 Å². The molecule has 3 amide bonds. The molecule has 0 atom stereocenters. The number of halogens is 1. The number of carbonyl (C=O) groups is 3. The van der Waals surface area contributed by atoms with Crippen LogP contribution in [0.1, 0.15) is 38.3 Å². The first kappa shape index (κ1) is 24.2. The fraction of sp³-hybridized carbons (Fsp3) is 0.348. The van der Waals surface area contributed by atoms with Crippen molar-refractivity contribution in [3.05, 3.63) is 64.7 Å². The number of para-hydroxylation sites is 1. The Morgan fingerprint density at radius 2 is 1.55 bits per heavy atom. The SMILES string of the molecule is CC(C)(C)OC(=O)NCCC(=O)NCc1ccccc1NC(=O)Cc1ccccc1Cl. The Bertz CT molecular complexity index is 925. The first-order chi connectivity index (χ1) is 14.6. The van der Waals surface area contributed by atoms with Crippen molar-refractivity contribution in [2.45, 2.75) is 45.8 Å². The van der Waals surface area contributed by atoms with Crippen LogP contribution in [0.4, 0.5) is 10.5 Å². The second-order valence-electron chi connectivity index (χ2n) is 7.93. The molecule has 0 aromatic heterocycles. The van der Waals surface area contributed by atoms with Gasteiger partial charge >= 0.3 is 6.09 Å². The molecule has 0 radical (unpaired) electrons. The largest absolute Gasteiger partial charge is 0.444 e. The Morgan fingerprint density at radius 3 is 2.23 bits per heavy atom. The van der Waals surface area contributed by atoms with E-state index in [0.29, 0.717) is 10.7 Å². The third kappa shape index (κ3) is 9.09. The molecule has 2 aromatic carbocycles. The van der Waals surface area contributed by atoms with E-state index in [4.69, 9.17) is 16.3 Å². The van der Waals surface area contributed by atoms with E-state index in [1.54, 1.807) is 45.0 Å². The van der Waals surface area contributed by atoms with Crippen LogP contribution in [0, 0.1) is 0 Å². The van der Waals surface area contributed by atoms with Crippen molar-refractivity contribution >= 4 is 35.2 Å². The molecule has 0 fully saturated rings. The minimum atomic E-state index is -0.591. The molecule has 0 unspecified atom stereocenters. The average Bonchev–Trinajstić information content (AvgIpc) is 2.67. The maximum Gasteiger partial charge on any atom is 0.407 e. The quantitative estimate of drug-likeness (QED) is 0.571. The van der Waals surface area contributed by atoms with Gasteiger partial charge in [0.1, 0.15) is 5.60 Å². The zero-order valence-electron chi connectivity index (χ0n) is 18.0. The number of benzene rings is 2. The normalized spacial score (nSPS) is 10.8. The number of nitrogens with one attached hydrogen (secondary N) is 3. The Kier molecular flexibility index (Phi) is 8.88. The number of hydrogen-bond acceptors (Lipinski definition) is 4. The highest BCUT2D eigenvalue weighted by molar-refractivity contribution is 6.31. The Balaban J connectivity index is 1.82. The highest BCUT2D eigenvalue weighted by Gasteiger charge is 2.16. The summed E-state index contributed by atoms with van der Waals surface area (Å²) in [6.45, 7) is 5.71. The van der Waals surface area contributed by atoms with Gasteiger partial charge in [0.2, 0.25) is 11.8 Å². The third-order valence-corrected chi connectivity index (χ3v) is 4.47. The first-order valence-electron chi connectivity index (χ1n) is 9.99. The van der Waals surface area contributed by atoms with Gasteiger partial charge < -0.3 is 20.7 Å². The molecular formula is C23H28ClN3O4. The van der Waals surface area contributed by atoms with E-state index in [9.17, 15) is 14.4 Å². The zero-order valence-corrected chi connectivity index (χ0v) is 18.7. The second-order valence-corrected chi connectivity index (χ2v) is 8.34. The molecule has 0 heterocycles. The summed E-state index contributed by atoms with van der Waals surface area (Å²) in [6.07, 6.45) is -0.302. The molecule has 0 aliphatic rings. The van der Waals surface area contributed by atoms with Crippen molar-refractivity contribution in [2.24, 2.45) is 0 Å². The van der Waals surface area contributed by atoms with Crippen LogP contribution in [0.15, 0.2) is 48.5 Å². The molecule has 8 heteroatoms. The lowest BCUT2D eigenvalue weighted by molar-refractivity contribution is -0.121. The number of carbonyl (C=O) groups excluding carboxylic acids is 3. The Hall–Kier alpha value is -3.06. The molecule has 2 rings (SSSR count). The van der Waals surface area contributed by atoms with Crippen LogP contribution in [-0.2, 0) is 27.3 Å².